The maximum absolute atomic E-state index is 10.4. The summed E-state index contributed by atoms with van der Waals surface area (Å²) >= 11 is 0. The van der Waals surface area contributed by atoms with Crippen molar-refractivity contribution in [3.8, 4) is 16.9 Å². The molecule has 2 aromatic carbocycles. The Hall–Kier alpha value is -2.16. The van der Waals surface area contributed by atoms with Crippen LogP contribution in [-0.4, -0.2) is 57.7 Å². The van der Waals surface area contributed by atoms with Gasteiger partial charge in [0.25, 0.3) is 0 Å². The van der Waals surface area contributed by atoms with Gasteiger partial charge in [0.05, 0.1) is 12.8 Å². The molecular weight excluding hydrogens is 610 g/mol. The Balaban J connectivity index is 0.000000970. The standard InChI is InChI=1S/C20H19N4O.C2HF3O.C2H6.CH5N.Sm/c1-21-12-24-19-9-20(25-2)17(15-10-22-11-15)8-16(19)13-3-4-18-14(7-13)5-6-23-18;3-2(4,5)1-6;2*1-2;/h3-9,12,15,23H,1,10-11H2,2H3;1H;1-2H3;2H2,1H3;/q-1;;;;. The molecule has 0 aliphatic carbocycles. The molecule has 1 aliphatic rings. The number of nitrogens with one attached hydrogen (secondary N) is 1. The Bertz CT molecular complexity index is 1110. The second-order valence-electron chi connectivity index (χ2n) is 6.76. The third-order valence-corrected chi connectivity index (χ3v) is 4.76. The van der Waals surface area contributed by atoms with Crippen molar-refractivity contribution in [3.05, 3.63) is 53.5 Å². The fourth-order valence-electron chi connectivity index (χ4n) is 3.20. The monoisotopic (exact) mass is 642 g/mol. The topological polar surface area (TPSA) is 107 Å². The number of nitrogens with zero attached hydrogens (tertiary/aromatic N) is 3. The number of aliphatic imine (C=N–C) groups is 2. The number of hydrogen-bond donors (Lipinski definition) is 2. The minimum atomic E-state index is -4.64. The molecule has 11 heteroatoms. The van der Waals surface area contributed by atoms with Crippen molar-refractivity contribution in [2.45, 2.75) is 25.9 Å². The summed E-state index contributed by atoms with van der Waals surface area (Å²) in [5.74, 6) is 1.27. The van der Waals surface area contributed by atoms with Gasteiger partial charge in [-0.15, -0.1) is 13.1 Å². The van der Waals surface area contributed by atoms with Gasteiger partial charge in [-0.25, -0.2) is 4.99 Å². The number of fused-ring (bicyclic) bond motifs is 1. The third kappa shape index (κ3) is 9.71. The predicted molar refractivity (Wildman–Crippen MR) is 137 cm³/mol. The van der Waals surface area contributed by atoms with Gasteiger partial charge in [0, 0.05) is 63.7 Å². The van der Waals surface area contributed by atoms with E-state index in [1.807, 2.05) is 26.1 Å². The zero-order valence-corrected chi connectivity index (χ0v) is 23.3. The number of nitrogens with two attached hydrogens (primary N) is 1. The van der Waals surface area contributed by atoms with Crippen molar-refractivity contribution in [2.75, 3.05) is 27.2 Å². The molecule has 0 saturated carbocycles. The smallest absolute Gasteiger partial charge is 0.446 e. The van der Waals surface area contributed by atoms with E-state index in [0.29, 0.717) is 5.92 Å². The Morgan fingerprint density at radius 3 is 2.31 bits per heavy atom. The molecule has 4 rings (SSSR count). The molecule has 1 aliphatic heterocycles. The number of aromatic nitrogens is 1. The van der Waals surface area contributed by atoms with Gasteiger partial charge in [-0.05, 0) is 54.5 Å². The molecule has 196 valence electrons. The van der Waals surface area contributed by atoms with Crippen LogP contribution in [0.5, 0.6) is 5.75 Å². The van der Waals surface area contributed by atoms with Gasteiger partial charge in [-0.2, -0.15) is 13.2 Å². The van der Waals surface area contributed by atoms with E-state index in [1.54, 1.807) is 7.11 Å². The second kappa shape index (κ2) is 17.3. The van der Waals surface area contributed by atoms with Crippen LogP contribution in [0.2, 0.25) is 0 Å². The number of hydrogen-bond acceptors (Lipinski definition) is 4. The summed E-state index contributed by atoms with van der Waals surface area (Å²) in [7, 11) is 3.19. The van der Waals surface area contributed by atoms with Gasteiger partial charge in [-0.3, -0.25) is 9.79 Å². The molecule has 1 saturated heterocycles. The average Bonchev–Trinajstić information content (AvgIpc) is 3.32. The van der Waals surface area contributed by atoms with E-state index in [2.05, 4.69) is 63.1 Å². The molecule has 0 unspecified atom stereocenters. The quantitative estimate of drug-likeness (QED) is 0.202. The Labute approximate surface area is 241 Å². The first-order valence-corrected chi connectivity index (χ1v) is 10.9. The van der Waals surface area contributed by atoms with Crippen LogP contribution in [0.25, 0.3) is 27.3 Å². The van der Waals surface area contributed by atoms with E-state index in [9.17, 15) is 13.2 Å². The van der Waals surface area contributed by atoms with Gasteiger partial charge < -0.3 is 20.8 Å². The van der Waals surface area contributed by atoms with Crippen LogP contribution in [-0.2, 0) is 4.79 Å². The van der Waals surface area contributed by atoms with Crippen LogP contribution in [0.4, 0.5) is 18.9 Å². The molecule has 1 aromatic heterocycles. The van der Waals surface area contributed by atoms with Crippen molar-refractivity contribution in [1.29, 1.82) is 0 Å². The molecule has 3 aromatic rings. The SMILES string of the molecule is C=NC=Nc1cc(OC)c(C2C[N-]C2)cc1-c1ccc2[nH]ccc2c1.CC.CN.O=CC(F)(F)F.[Sm]. The maximum atomic E-state index is 10.4. The molecule has 3 N–H and O–H groups in total. The molecule has 0 amide bonds. The molecule has 0 radical (unpaired) electrons. The van der Waals surface area contributed by atoms with Gasteiger partial charge in [0.15, 0.2) is 0 Å². The molecule has 2 heterocycles. The second-order valence-corrected chi connectivity index (χ2v) is 6.76. The van der Waals surface area contributed by atoms with Gasteiger partial charge in [-0.1, -0.05) is 25.8 Å². The van der Waals surface area contributed by atoms with Crippen LogP contribution >= 0.6 is 0 Å². The van der Waals surface area contributed by atoms with Crippen molar-refractivity contribution >= 4 is 35.9 Å². The molecule has 36 heavy (non-hydrogen) atoms. The zero-order valence-electron chi connectivity index (χ0n) is 20.7. The number of halogens is 3. The number of carbonyl (C=O) groups excluding carboxylic acids is 1. The van der Waals surface area contributed by atoms with Crippen LogP contribution in [0.15, 0.2) is 52.6 Å². The third-order valence-electron chi connectivity index (χ3n) is 4.76. The normalized spacial score (nSPS) is 12.4. The first-order valence-electron chi connectivity index (χ1n) is 10.9. The van der Waals surface area contributed by atoms with Gasteiger partial charge >= 0.3 is 6.18 Å². The fraction of sp³-hybridized carbons (Fsp3) is 0.320. The van der Waals surface area contributed by atoms with E-state index in [4.69, 9.17) is 9.53 Å². The molecule has 0 bridgehead atoms. The number of carbonyl (C=O) groups is 1. The predicted octanol–water partition coefficient (Wildman–Crippen LogP) is 6.02. The van der Waals surface area contributed by atoms with E-state index in [0.717, 1.165) is 41.2 Å². The molecule has 0 spiro atoms. The summed E-state index contributed by atoms with van der Waals surface area (Å²) in [6.07, 6.45) is -2.29. The summed E-state index contributed by atoms with van der Waals surface area (Å²) in [6.45, 7) is 9.18. The molecule has 1 fully saturated rings. The van der Waals surface area contributed by atoms with Crippen LogP contribution in [0.1, 0.15) is 25.3 Å². The number of methoxy groups -OCH3 is 1. The molecule has 7 nitrogen and oxygen atoms in total. The Kier molecular flexibility index (Phi) is 16.3. The van der Waals surface area contributed by atoms with Crippen molar-refractivity contribution in [2.24, 2.45) is 15.7 Å². The zero-order chi connectivity index (χ0) is 26.4. The number of benzene rings is 2. The summed E-state index contributed by atoms with van der Waals surface area (Å²) in [4.78, 5) is 20.1. The summed E-state index contributed by atoms with van der Waals surface area (Å²) in [5.41, 5.74) is 9.80. The first kappa shape index (κ1) is 33.8. The maximum Gasteiger partial charge on any atom is 0.446 e. The summed E-state index contributed by atoms with van der Waals surface area (Å²) < 4.78 is 36.9. The first-order chi connectivity index (χ1) is 16.9. The molecule has 0 atom stereocenters. The van der Waals surface area contributed by atoms with Crippen molar-refractivity contribution in [3.63, 3.8) is 0 Å². The van der Waals surface area contributed by atoms with E-state index >= 15 is 0 Å². The Morgan fingerprint density at radius 1 is 1.17 bits per heavy atom. The van der Waals surface area contributed by atoms with Crippen molar-refractivity contribution in [1.82, 2.24) is 4.98 Å². The van der Waals surface area contributed by atoms with Crippen molar-refractivity contribution < 1.29 is 63.1 Å². The number of ether oxygens (including phenoxy) is 1. The number of rotatable bonds is 5. The summed E-state index contributed by atoms with van der Waals surface area (Å²) in [5, 5.41) is 5.52. The van der Waals surface area contributed by atoms with E-state index < -0.39 is 12.5 Å². The minimum Gasteiger partial charge on any atom is -0.661 e. The number of aldehydes is 1. The van der Waals surface area contributed by atoms with E-state index in [-0.39, 0.29) is 40.4 Å². The van der Waals surface area contributed by atoms with Crippen LogP contribution in [0.3, 0.4) is 0 Å². The van der Waals surface area contributed by atoms with Crippen LogP contribution < -0.4 is 10.5 Å². The number of alkyl halides is 3. The van der Waals surface area contributed by atoms with Crippen LogP contribution in [0, 0.1) is 40.4 Å². The average molecular weight is 641 g/mol. The minimum absolute atomic E-state index is 0. The van der Waals surface area contributed by atoms with Gasteiger partial charge in [0.2, 0.25) is 6.29 Å². The number of aromatic amines is 1. The van der Waals surface area contributed by atoms with E-state index in [1.165, 1.54) is 24.3 Å². The molecular formula is C25H31F3N5O2Sm-. The van der Waals surface area contributed by atoms with Gasteiger partial charge in [0.1, 0.15) is 12.1 Å². The largest absolute Gasteiger partial charge is 0.661 e. The fourth-order valence-corrected chi connectivity index (χ4v) is 3.20. The Morgan fingerprint density at radius 2 is 1.81 bits per heavy atom. The summed E-state index contributed by atoms with van der Waals surface area (Å²) in [6, 6.07) is 12.6. The number of H-pyrrole nitrogens is 1.